The minimum Gasteiger partial charge on any atom is -0.372 e. The summed E-state index contributed by atoms with van der Waals surface area (Å²) in [5, 5.41) is 6.56. The van der Waals surface area contributed by atoms with Crippen LogP contribution in [0.4, 0.5) is 0 Å². The maximum absolute atomic E-state index is 5.56. The third kappa shape index (κ3) is 3.92. The molecule has 0 spiro atoms. The number of nitrogens with one attached hydrogen (secondary N) is 2. The summed E-state index contributed by atoms with van der Waals surface area (Å²) in [6.07, 6.45) is 1.53. The van der Waals surface area contributed by atoms with Crippen LogP contribution >= 0.6 is 24.4 Å². The summed E-state index contributed by atoms with van der Waals surface area (Å²) in [5.74, 6) is 2.07. The minimum absolute atomic E-state index is 0.764. The Hall–Kier alpha value is -1.28. The quantitative estimate of drug-likeness (QED) is 0.706. The van der Waals surface area contributed by atoms with Gasteiger partial charge in [-0.05, 0) is 0 Å². The maximum atomic E-state index is 5.56. The first-order chi connectivity index (χ1) is 10.7. The second-order valence-corrected chi connectivity index (χ2v) is 6.57. The van der Waals surface area contributed by atoms with Crippen molar-refractivity contribution in [3.05, 3.63) is 0 Å². The van der Waals surface area contributed by atoms with E-state index in [2.05, 4.69) is 30.4 Å². The Morgan fingerprint density at radius 2 is 1.23 bits per heavy atom. The van der Waals surface area contributed by atoms with Crippen molar-refractivity contribution in [2.45, 2.75) is 12.8 Å². The molecule has 0 aromatic carbocycles. The fourth-order valence-electron chi connectivity index (χ4n) is 2.85. The molecule has 3 heterocycles. The van der Waals surface area contributed by atoms with Crippen LogP contribution in [0.5, 0.6) is 0 Å². The molecule has 1 fully saturated rings. The Morgan fingerprint density at radius 1 is 0.818 bits per heavy atom. The van der Waals surface area contributed by atoms with Crippen LogP contribution in [0.2, 0.25) is 0 Å². The lowest BCUT2D eigenvalue weighted by atomic mass is 10.2. The lowest BCUT2D eigenvalue weighted by molar-refractivity contribution is 0.261. The minimum atomic E-state index is 0.764. The van der Waals surface area contributed by atoms with Crippen molar-refractivity contribution in [2.24, 2.45) is 9.98 Å². The molecule has 0 aromatic rings. The van der Waals surface area contributed by atoms with Crippen LogP contribution in [-0.2, 0) is 0 Å². The number of amidine groups is 2. The Balaban J connectivity index is 1.43. The summed E-state index contributed by atoms with van der Waals surface area (Å²) in [5.41, 5.74) is 0. The highest BCUT2D eigenvalue weighted by Gasteiger charge is 2.22. The second-order valence-electron chi connectivity index (χ2n) is 5.63. The third-order valence-electron chi connectivity index (χ3n) is 4.11. The molecule has 0 amide bonds. The van der Waals surface area contributed by atoms with Crippen molar-refractivity contribution in [3.63, 3.8) is 0 Å². The van der Waals surface area contributed by atoms with Gasteiger partial charge in [-0.15, -0.1) is 0 Å². The molecule has 0 bridgehead atoms. The summed E-state index contributed by atoms with van der Waals surface area (Å²) >= 11 is 11.1. The summed E-state index contributed by atoms with van der Waals surface area (Å²) in [6, 6.07) is 0. The van der Waals surface area contributed by atoms with Crippen LogP contribution in [0.3, 0.4) is 0 Å². The summed E-state index contributed by atoms with van der Waals surface area (Å²) < 4.78 is 0. The van der Waals surface area contributed by atoms with Crippen molar-refractivity contribution in [3.8, 4) is 0 Å². The molecular formula is C14H22N6S2. The van der Waals surface area contributed by atoms with E-state index in [1.165, 1.54) is 0 Å². The zero-order chi connectivity index (χ0) is 15.4. The Bertz CT molecular complexity index is 461. The average Bonchev–Trinajstić information content (AvgIpc) is 3.21. The molecule has 0 unspecified atom stereocenters. The number of nitrogens with zero attached hydrogens (tertiary/aromatic N) is 4. The van der Waals surface area contributed by atoms with Crippen LogP contribution in [0, 0.1) is 0 Å². The van der Waals surface area contributed by atoms with E-state index in [4.69, 9.17) is 24.4 Å². The van der Waals surface area contributed by atoms with E-state index in [-0.39, 0.29) is 0 Å². The second kappa shape index (κ2) is 7.32. The molecule has 1 saturated heterocycles. The fourth-order valence-corrected chi connectivity index (χ4v) is 3.48. The molecule has 2 N–H and O–H groups in total. The first-order valence-corrected chi connectivity index (χ1v) is 8.64. The van der Waals surface area contributed by atoms with Crippen LogP contribution < -0.4 is 10.6 Å². The van der Waals surface area contributed by atoms with Gasteiger partial charge in [-0.2, -0.15) is 0 Å². The summed E-state index contributed by atoms with van der Waals surface area (Å²) in [7, 11) is 0. The van der Waals surface area contributed by atoms with E-state index in [1.807, 2.05) is 0 Å². The predicted molar refractivity (Wildman–Crippen MR) is 98.2 cm³/mol. The van der Waals surface area contributed by atoms with Crippen molar-refractivity contribution in [1.82, 2.24) is 20.4 Å². The third-order valence-corrected chi connectivity index (χ3v) is 4.91. The van der Waals surface area contributed by atoms with Gasteiger partial charge in [0.1, 0.15) is 11.7 Å². The summed E-state index contributed by atoms with van der Waals surface area (Å²) in [4.78, 5) is 15.4. The number of thiocarbonyl (C=S) groups is 2. The zero-order valence-corrected chi connectivity index (χ0v) is 14.3. The predicted octanol–water partition coefficient (Wildman–Crippen LogP) is 0.0424. The van der Waals surface area contributed by atoms with E-state index in [0.29, 0.717) is 0 Å². The van der Waals surface area contributed by atoms with Gasteiger partial charge in [0.25, 0.3) is 0 Å². The van der Waals surface area contributed by atoms with E-state index in [0.717, 1.165) is 86.8 Å². The fraction of sp³-hybridized carbons (Fsp3) is 0.714. The van der Waals surface area contributed by atoms with Crippen LogP contribution in [0.25, 0.3) is 0 Å². The van der Waals surface area contributed by atoms with Gasteiger partial charge in [0.15, 0.2) is 0 Å². The van der Waals surface area contributed by atoms with Crippen LogP contribution in [-0.4, -0.2) is 83.8 Å². The van der Waals surface area contributed by atoms with Crippen molar-refractivity contribution < 1.29 is 0 Å². The Morgan fingerprint density at radius 3 is 1.55 bits per heavy atom. The molecule has 3 rings (SSSR count). The van der Waals surface area contributed by atoms with Gasteiger partial charge in [-0.1, -0.05) is 24.4 Å². The molecule has 6 nitrogen and oxygen atoms in total. The average molecular weight is 339 g/mol. The van der Waals surface area contributed by atoms with Crippen molar-refractivity contribution >= 4 is 46.1 Å². The SMILES string of the molecule is S=C(CC1=NCCN1)N1CCN(C(=S)CC2=NCCN2)CC1. The van der Waals surface area contributed by atoms with Gasteiger partial charge >= 0.3 is 0 Å². The number of aliphatic imine (C=N–C) groups is 2. The number of hydrogen-bond acceptors (Lipinski definition) is 6. The number of piperazine rings is 1. The molecule has 0 atom stereocenters. The van der Waals surface area contributed by atoms with Gasteiger partial charge < -0.3 is 20.4 Å². The number of rotatable bonds is 4. The number of hydrogen-bond donors (Lipinski definition) is 2. The lowest BCUT2D eigenvalue weighted by Gasteiger charge is -2.37. The Labute approximate surface area is 142 Å². The first kappa shape index (κ1) is 15.6. The summed E-state index contributed by atoms with van der Waals surface area (Å²) in [6.45, 7) is 7.38. The smallest absolute Gasteiger partial charge is 0.103 e. The van der Waals surface area contributed by atoms with Gasteiger partial charge in [-0.3, -0.25) is 9.98 Å². The van der Waals surface area contributed by atoms with E-state index in [9.17, 15) is 0 Å². The molecule has 8 heteroatoms. The molecule has 3 aliphatic heterocycles. The zero-order valence-electron chi connectivity index (χ0n) is 12.7. The van der Waals surface area contributed by atoms with E-state index in [1.54, 1.807) is 0 Å². The molecule has 0 aromatic heterocycles. The highest BCUT2D eigenvalue weighted by molar-refractivity contribution is 7.80. The molecule has 3 aliphatic rings. The molecular weight excluding hydrogens is 316 g/mol. The van der Waals surface area contributed by atoms with Crippen LogP contribution in [0.1, 0.15) is 12.8 Å². The van der Waals surface area contributed by atoms with Crippen molar-refractivity contribution in [1.29, 1.82) is 0 Å². The largest absolute Gasteiger partial charge is 0.372 e. The maximum Gasteiger partial charge on any atom is 0.103 e. The highest BCUT2D eigenvalue weighted by atomic mass is 32.1. The molecule has 120 valence electrons. The van der Waals surface area contributed by atoms with Gasteiger partial charge in [0, 0.05) is 39.3 Å². The first-order valence-electron chi connectivity index (χ1n) is 7.82. The lowest BCUT2D eigenvalue weighted by Crippen LogP contribution is -2.50. The normalized spacial score (nSPS) is 21.1. The molecule has 22 heavy (non-hydrogen) atoms. The molecule has 0 saturated carbocycles. The van der Waals surface area contributed by atoms with Gasteiger partial charge in [-0.25, -0.2) is 0 Å². The van der Waals surface area contributed by atoms with E-state index < -0.39 is 0 Å². The van der Waals surface area contributed by atoms with Gasteiger partial charge in [0.2, 0.25) is 0 Å². The van der Waals surface area contributed by atoms with E-state index >= 15 is 0 Å². The van der Waals surface area contributed by atoms with Gasteiger partial charge in [0.05, 0.1) is 35.9 Å². The molecule has 0 radical (unpaired) electrons. The highest BCUT2D eigenvalue weighted by Crippen LogP contribution is 2.09. The van der Waals surface area contributed by atoms with Crippen molar-refractivity contribution in [2.75, 3.05) is 52.4 Å². The van der Waals surface area contributed by atoms with Crippen LogP contribution in [0.15, 0.2) is 9.98 Å². The Kier molecular flexibility index (Phi) is 5.20. The molecule has 0 aliphatic carbocycles. The standard InChI is InChI=1S/C14H22N6S2/c21-13(9-11-15-1-2-16-11)19-5-7-20(8-6-19)14(22)10-12-17-3-4-18-12/h1-10H2,(H,15,16)(H,17,18). The monoisotopic (exact) mass is 338 g/mol. The topological polar surface area (TPSA) is 55.3 Å².